The number of nitrogens with two attached hydrogens (primary N) is 1. The minimum Gasteiger partial charge on any atom is -0.381 e. The van der Waals surface area contributed by atoms with Crippen LogP contribution < -0.4 is 5.73 Å². The molecular formula is C12H16BrClFNO. The Morgan fingerprint density at radius 1 is 1.35 bits per heavy atom. The third-order valence-electron chi connectivity index (χ3n) is 3.10. The van der Waals surface area contributed by atoms with Gasteiger partial charge in [0.25, 0.3) is 0 Å². The molecule has 0 aromatic heterocycles. The molecule has 0 radical (unpaired) electrons. The topological polar surface area (TPSA) is 35.2 Å². The monoisotopic (exact) mass is 323 g/mol. The van der Waals surface area contributed by atoms with Crippen molar-refractivity contribution in [1.29, 1.82) is 0 Å². The molecule has 0 aliphatic carbocycles. The van der Waals surface area contributed by atoms with Crippen molar-refractivity contribution in [3.63, 3.8) is 0 Å². The van der Waals surface area contributed by atoms with Crippen LogP contribution in [0, 0.1) is 11.7 Å². The average molecular weight is 325 g/mol. The van der Waals surface area contributed by atoms with Crippen LogP contribution in [-0.2, 0) is 4.74 Å². The van der Waals surface area contributed by atoms with E-state index in [0.29, 0.717) is 5.92 Å². The average Bonchev–Trinajstić information content (AvgIpc) is 2.29. The summed E-state index contributed by atoms with van der Waals surface area (Å²) in [6, 6.07) is 4.65. The molecule has 17 heavy (non-hydrogen) atoms. The first-order valence-corrected chi connectivity index (χ1v) is 6.26. The Labute approximate surface area is 115 Å². The van der Waals surface area contributed by atoms with Gasteiger partial charge in [-0.3, -0.25) is 0 Å². The van der Waals surface area contributed by atoms with Crippen molar-refractivity contribution in [1.82, 2.24) is 0 Å². The summed E-state index contributed by atoms with van der Waals surface area (Å²) in [4.78, 5) is 0. The third kappa shape index (κ3) is 3.65. The molecule has 1 heterocycles. The van der Waals surface area contributed by atoms with Crippen LogP contribution >= 0.6 is 28.3 Å². The standard InChI is InChI=1S/C12H15BrFNO.ClH/c13-11-7-9(14)1-2-10(11)12(15)8-3-5-16-6-4-8;/h1-2,7-8,12H,3-6,15H2;1H/t12-;/m0./s1. The normalized spacial score (nSPS) is 18.5. The minimum atomic E-state index is -0.241. The molecule has 0 spiro atoms. The lowest BCUT2D eigenvalue weighted by Crippen LogP contribution is -2.27. The van der Waals surface area contributed by atoms with Gasteiger partial charge < -0.3 is 10.5 Å². The molecule has 1 aromatic carbocycles. The van der Waals surface area contributed by atoms with E-state index in [9.17, 15) is 4.39 Å². The summed E-state index contributed by atoms with van der Waals surface area (Å²) in [6.45, 7) is 1.55. The summed E-state index contributed by atoms with van der Waals surface area (Å²) in [5.74, 6) is 0.185. The van der Waals surface area contributed by atoms with Gasteiger partial charge in [0.2, 0.25) is 0 Å². The van der Waals surface area contributed by atoms with Crippen LogP contribution in [0.4, 0.5) is 4.39 Å². The van der Waals surface area contributed by atoms with Crippen LogP contribution in [0.2, 0.25) is 0 Å². The van der Waals surface area contributed by atoms with E-state index in [-0.39, 0.29) is 24.3 Å². The van der Waals surface area contributed by atoms with E-state index in [1.54, 1.807) is 6.07 Å². The summed E-state index contributed by atoms with van der Waals surface area (Å²) >= 11 is 3.36. The largest absolute Gasteiger partial charge is 0.381 e. The Bertz CT molecular complexity index is 372. The Kier molecular flexibility index (Phi) is 5.86. The van der Waals surface area contributed by atoms with Crippen LogP contribution in [0.1, 0.15) is 24.4 Å². The lowest BCUT2D eigenvalue weighted by molar-refractivity contribution is 0.0583. The fourth-order valence-electron chi connectivity index (χ4n) is 2.10. The van der Waals surface area contributed by atoms with Crippen molar-refractivity contribution in [2.24, 2.45) is 11.7 Å². The highest BCUT2D eigenvalue weighted by Gasteiger charge is 2.23. The molecule has 0 amide bonds. The van der Waals surface area contributed by atoms with Crippen molar-refractivity contribution < 1.29 is 9.13 Å². The molecule has 2 N–H and O–H groups in total. The number of halogens is 3. The van der Waals surface area contributed by atoms with E-state index in [2.05, 4.69) is 15.9 Å². The van der Waals surface area contributed by atoms with Gasteiger partial charge in [0.1, 0.15) is 5.82 Å². The number of benzene rings is 1. The first-order valence-electron chi connectivity index (χ1n) is 5.47. The van der Waals surface area contributed by atoms with Crippen molar-refractivity contribution in [2.75, 3.05) is 13.2 Å². The van der Waals surface area contributed by atoms with Gasteiger partial charge in [0.05, 0.1) is 0 Å². The molecule has 0 unspecified atom stereocenters. The molecule has 2 rings (SSSR count). The second kappa shape index (κ2) is 6.69. The maximum atomic E-state index is 13.0. The molecule has 1 aliphatic rings. The van der Waals surface area contributed by atoms with Crippen molar-refractivity contribution in [2.45, 2.75) is 18.9 Å². The fraction of sp³-hybridized carbons (Fsp3) is 0.500. The van der Waals surface area contributed by atoms with Gasteiger partial charge in [-0.2, -0.15) is 0 Å². The lowest BCUT2D eigenvalue weighted by atomic mass is 9.88. The van der Waals surface area contributed by atoms with Crippen LogP contribution in [0.5, 0.6) is 0 Å². The van der Waals surface area contributed by atoms with Gasteiger partial charge in [0.15, 0.2) is 0 Å². The van der Waals surface area contributed by atoms with E-state index in [1.807, 2.05) is 0 Å². The van der Waals surface area contributed by atoms with Gasteiger partial charge >= 0.3 is 0 Å². The van der Waals surface area contributed by atoms with Gasteiger partial charge in [-0.15, -0.1) is 12.4 Å². The number of hydrogen-bond acceptors (Lipinski definition) is 2. The Balaban J connectivity index is 0.00000144. The van der Waals surface area contributed by atoms with Crippen LogP contribution in [0.3, 0.4) is 0 Å². The van der Waals surface area contributed by atoms with Crippen molar-refractivity contribution in [3.05, 3.63) is 34.1 Å². The second-order valence-corrected chi connectivity index (χ2v) is 5.00. The molecule has 1 aromatic rings. The zero-order chi connectivity index (χ0) is 11.5. The zero-order valence-electron chi connectivity index (χ0n) is 9.36. The van der Waals surface area contributed by atoms with Crippen LogP contribution in [-0.4, -0.2) is 13.2 Å². The van der Waals surface area contributed by atoms with E-state index in [4.69, 9.17) is 10.5 Å². The van der Waals surface area contributed by atoms with Crippen molar-refractivity contribution in [3.8, 4) is 0 Å². The van der Waals surface area contributed by atoms with E-state index in [1.165, 1.54) is 12.1 Å². The highest BCUT2D eigenvalue weighted by Crippen LogP contribution is 2.32. The molecule has 1 fully saturated rings. The summed E-state index contributed by atoms with van der Waals surface area (Å²) < 4.78 is 19.0. The Hall–Kier alpha value is -0.160. The molecule has 5 heteroatoms. The minimum absolute atomic E-state index is 0. The Morgan fingerprint density at radius 3 is 2.59 bits per heavy atom. The lowest BCUT2D eigenvalue weighted by Gasteiger charge is -2.28. The highest BCUT2D eigenvalue weighted by molar-refractivity contribution is 9.10. The van der Waals surface area contributed by atoms with E-state index >= 15 is 0 Å². The highest BCUT2D eigenvalue weighted by atomic mass is 79.9. The molecule has 2 nitrogen and oxygen atoms in total. The molecule has 0 bridgehead atoms. The van der Waals surface area contributed by atoms with Gasteiger partial charge in [-0.1, -0.05) is 22.0 Å². The first kappa shape index (κ1) is 14.9. The quantitative estimate of drug-likeness (QED) is 0.904. The van der Waals surface area contributed by atoms with Crippen LogP contribution in [0.25, 0.3) is 0 Å². The summed E-state index contributed by atoms with van der Waals surface area (Å²) in [5.41, 5.74) is 7.19. The zero-order valence-corrected chi connectivity index (χ0v) is 11.8. The molecule has 0 saturated carbocycles. The SMILES string of the molecule is Cl.N[C@H](c1ccc(F)cc1Br)C1CCOCC1. The van der Waals surface area contributed by atoms with Gasteiger partial charge in [-0.25, -0.2) is 4.39 Å². The Morgan fingerprint density at radius 2 is 2.00 bits per heavy atom. The maximum Gasteiger partial charge on any atom is 0.124 e. The molecule has 1 atom stereocenters. The maximum absolute atomic E-state index is 13.0. The number of rotatable bonds is 2. The van der Waals surface area contributed by atoms with Crippen molar-refractivity contribution >= 4 is 28.3 Å². The molecule has 96 valence electrons. The van der Waals surface area contributed by atoms with Gasteiger partial charge in [-0.05, 0) is 36.5 Å². The summed E-state index contributed by atoms with van der Waals surface area (Å²) in [5, 5.41) is 0. The fourth-order valence-corrected chi connectivity index (χ4v) is 2.72. The van der Waals surface area contributed by atoms with Crippen LogP contribution in [0.15, 0.2) is 22.7 Å². The number of hydrogen-bond donors (Lipinski definition) is 1. The van der Waals surface area contributed by atoms with E-state index < -0.39 is 0 Å². The molecule has 1 saturated heterocycles. The predicted octanol–water partition coefficient (Wildman–Crippen LogP) is 3.44. The molecule has 1 aliphatic heterocycles. The summed E-state index contributed by atoms with van der Waals surface area (Å²) in [7, 11) is 0. The van der Waals surface area contributed by atoms with E-state index in [0.717, 1.165) is 36.1 Å². The third-order valence-corrected chi connectivity index (χ3v) is 3.78. The molecular weight excluding hydrogens is 308 g/mol. The smallest absolute Gasteiger partial charge is 0.124 e. The first-order chi connectivity index (χ1) is 7.68. The summed E-state index contributed by atoms with van der Waals surface area (Å²) in [6.07, 6.45) is 1.95. The predicted molar refractivity (Wildman–Crippen MR) is 71.8 cm³/mol. The van der Waals surface area contributed by atoms with Gasteiger partial charge in [0, 0.05) is 23.7 Å². The number of ether oxygens (including phenoxy) is 1. The second-order valence-electron chi connectivity index (χ2n) is 4.14.